The first kappa shape index (κ1) is 23.3. The molecule has 4 aromatic rings. The van der Waals surface area contributed by atoms with Gasteiger partial charge in [0.05, 0.1) is 28.8 Å². The van der Waals surface area contributed by atoms with E-state index in [4.69, 9.17) is 9.51 Å². The van der Waals surface area contributed by atoms with E-state index in [1.807, 2.05) is 32.0 Å². The number of nitrogens with one attached hydrogen (secondary N) is 1. The van der Waals surface area contributed by atoms with Crippen molar-refractivity contribution < 1.29 is 22.9 Å². The van der Waals surface area contributed by atoms with Crippen LogP contribution in [0.2, 0.25) is 0 Å². The van der Waals surface area contributed by atoms with Gasteiger partial charge in [-0.1, -0.05) is 11.2 Å². The van der Waals surface area contributed by atoms with E-state index in [9.17, 15) is 18.4 Å². The molecule has 1 N–H and O–H groups in total. The van der Waals surface area contributed by atoms with Gasteiger partial charge in [0.25, 0.3) is 0 Å². The van der Waals surface area contributed by atoms with Crippen LogP contribution in [0.1, 0.15) is 55.0 Å². The molecule has 0 aliphatic carbocycles. The molecule has 1 unspecified atom stereocenters. The molecule has 6 rings (SSSR count). The van der Waals surface area contributed by atoms with Crippen molar-refractivity contribution in [2.75, 3.05) is 11.4 Å². The number of carbonyl (C=O) groups is 2. The Kier molecular flexibility index (Phi) is 5.54. The lowest BCUT2D eigenvalue weighted by atomic mass is 10.0. The monoisotopic (exact) mass is 505 g/mol. The zero-order valence-electron chi connectivity index (χ0n) is 20.4. The molecule has 2 fully saturated rings. The molecule has 0 bridgehead atoms. The number of piperidine rings is 1. The number of fused-ring (bicyclic) bond motifs is 1. The standard InChI is InChI=1S/C27H25F2N5O3/c1-14-26(15(2)37-32-14)16-3-7-22-21(11-16)31-27(34(22)18-5-9-24(35)30-13-18)23-8-10-25(36)33(23)17-4-6-19(28)20(29)12-17/h3-4,6-7,11-12,18,23H,5,8-10,13H2,1-2H3,(H,30,35)/t18?,23-/m0/s1. The van der Waals surface area contributed by atoms with Crippen LogP contribution >= 0.6 is 0 Å². The summed E-state index contributed by atoms with van der Waals surface area (Å²) < 4.78 is 35.2. The highest BCUT2D eigenvalue weighted by molar-refractivity contribution is 5.96. The fourth-order valence-corrected chi connectivity index (χ4v) is 5.61. The molecular weight excluding hydrogens is 480 g/mol. The number of hydrogen-bond donors (Lipinski definition) is 1. The third-order valence-electron chi connectivity index (χ3n) is 7.33. The van der Waals surface area contributed by atoms with Crippen molar-refractivity contribution in [2.24, 2.45) is 0 Å². The molecule has 4 heterocycles. The van der Waals surface area contributed by atoms with Crippen molar-refractivity contribution in [3.8, 4) is 11.1 Å². The summed E-state index contributed by atoms with van der Waals surface area (Å²) in [6, 6.07) is 8.92. The number of imidazole rings is 1. The van der Waals surface area contributed by atoms with Gasteiger partial charge in [-0.2, -0.15) is 0 Å². The van der Waals surface area contributed by atoms with Crippen molar-refractivity contribution in [3.05, 3.63) is 65.3 Å². The van der Waals surface area contributed by atoms with Gasteiger partial charge in [0.15, 0.2) is 11.6 Å². The van der Waals surface area contributed by atoms with Crippen molar-refractivity contribution >= 4 is 28.5 Å². The molecule has 2 aromatic carbocycles. The molecule has 2 aromatic heterocycles. The summed E-state index contributed by atoms with van der Waals surface area (Å²) in [5.74, 6) is -0.794. The quantitative estimate of drug-likeness (QED) is 0.426. The Labute approximate surface area is 211 Å². The number of amides is 2. The molecule has 2 amide bonds. The first-order valence-electron chi connectivity index (χ1n) is 12.3. The Hall–Kier alpha value is -4.08. The van der Waals surface area contributed by atoms with Gasteiger partial charge in [0, 0.05) is 36.7 Å². The normalized spacial score (nSPS) is 20.2. The third-order valence-corrected chi connectivity index (χ3v) is 7.33. The second kappa shape index (κ2) is 8.79. The van der Waals surface area contributed by atoms with E-state index in [-0.39, 0.29) is 24.3 Å². The van der Waals surface area contributed by atoms with Crippen LogP contribution in [-0.4, -0.2) is 33.1 Å². The second-order valence-corrected chi connectivity index (χ2v) is 9.66. The van der Waals surface area contributed by atoms with E-state index < -0.39 is 17.7 Å². The van der Waals surface area contributed by atoms with Gasteiger partial charge < -0.3 is 19.3 Å². The number of aryl methyl sites for hydroxylation is 2. The minimum absolute atomic E-state index is 0.00220. The number of nitrogens with zero attached hydrogens (tertiary/aromatic N) is 4. The molecular formula is C27H25F2N5O3. The number of hydrogen-bond acceptors (Lipinski definition) is 5. The summed E-state index contributed by atoms with van der Waals surface area (Å²) in [7, 11) is 0. The maximum atomic E-state index is 14.1. The average Bonchev–Trinajstić information content (AvgIpc) is 3.55. The maximum Gasteiger partial charge on any atom is 0.227 e. The van der Waals surface area contributed by atoms with E-state index in [2.05, 4.69) is 15.0 Å². The topological polar surface area (TPSA) is 93.3 Å². The van der Waals surface area contributed by atoms with E-state index >= 15 is 0 Å². The van der Waals surface area contributed by atoms with Crippen LogP contribution in [0.4, 0.5) is 14.5 Å². The summed E-state index contributed by atoms with van der Waals surface area (Å²) in [6.45, 7) is 4.18. The van der Waals surface area contributed by atoms with Crippen LogP contribution in [0.5, 0.6) is 0 Å². The zero-order valence-corrected chi connectivity index (χ0v) is 20.4. The lowest BCUT2D eigenvalue weighted by Gasteiger charge is -2.30. The predicted octanol–water partition coefficient (Wildman–Crippen LogP) is 4.91. The van der Waals surface area contributed by atoms with Gasteiger partial charge >= 0.3 is 0 Å². The van der Waals surface area contributed by atoms with Gasteiger partial charge in [0.2, 0.25) is 11.8 Å². The Morgan fingerprint density at radius 2 is 1.86 bits per heavy atom. The highest BCUT2D eigenvalue weighted by atomic mass is 19.2. The number of anilines is 1. The van der Waals surface area contributed by atoms with E-state index in [0.29, 0.717) is 43.1 Å². The van der Waals surface area contributed by atoms with Crippen LogP contribution in [-0.2, 0) is 9.59 Å². The Bertz CT molecular complexity index is 1530. The highest BCUT2D eigenvalue weighted by Crippen LogP contribution is 2.41. The van der Waals surface area contributed by atoms with E-state index in [1.54, 1.807) is 0 Å². The number of carbonyl (C=O) groups excluding carboxylic acids is 2. The number of benzene rings is 2. The molecule has 2 aliphatic rings. The van der Waals surface area contributed by atoms with Gasteiger partial charge in [-0.3, -0.25) is 9.59 Å². The van der Waals surface area contributed by atoms with Crippen LogP contribution in [0, 0.1) is 25.5 Å². The highest BCUT2D eigenvalue weighted by Gasteiger charge is 2.38. The maximum absolute atomic E-state index is 14.1. The molecule has 190 valence electrons. The molecule has 2 aliphatic heterocycles. The molecule has 37 heavy (non-hydrogen) atoms. The zero-order chi connectivity index (χ0) is 25.8. The number of aromatic nitrogens is 3. The largest absolute Gasteiger partial charge is 0.361 e. The number of rotatable bonds is 4. The fraction of sp³-hybridized carbons (Fsp3) is 0.333. The van der Waals surface area contributed by atoms with Crippen molar-refractivity contribution in [1.29, 1.82) is 0 Å². The van der Waals surface area contributed by atoms with Crippen LogP contribution in [0.3, 0.4) is 0 Å². The molecule has 0 spiro atoms. The van der Waals surface area contributed by atoms with Gasteiger partial charge in [-0.05, 0) is 56.5 Å². The number of halogens is 2. The van der Waals surface area contributed by atoms with Gasteiger partial charge in [0.1, 0.15) is 11.6 Å². The molecule has 0 radical (unpaired) electrons. The summed E-state index contributed by atoms with van der Waals surface area (Å²) >= 11 is 0. The molecule has 10 heteroatoms. The second-order valence-electron chi connectivity index (χ2n) is 9.66. The summed E-state index contributed by atoms with van der Waals surface area (Å²) in [5, 5.41) is 7.00. The van der Waals surface area contributed by atoms with Crippen molar-refractivity contribution in [2.45, 2.75) is 51.6 Å². The van der Waals surface area contributed by atoms with Crippen LogP contribution in [0.15, 0.2) is 40.9 Å². The van der Waals surface area contributed by atoms with Crippen LogP contribution in [0.25, 0.3) is 22.2 Å². The van der Waals surface area contributed by atoms with Gasteiger partial charge in [-0.25, -0.2) is 13.8 Å². The Morgan fingerprint density at radius 1 is 1.03 bits per heavy atom. The lowest BCUT2D eigenvalue weighted by molar-refractivity contribution is -0.122. The summed E-state index contributed by atoms with van der Waals surface area (Å²) in [4.78, 5) is 31.4. The first-order valence-corrected chi connectivity index (χ1v) is 12.3. The molecule has 8 nitrogen and oxygen atoms in total. The third kappa shape index (κ3) is 3.87. The molecule has 2 atom stereocenters. The minimum Gasteiger partial charge on any atom is -0.361 e. The fourth-order valence-electron chi connectivity index (χ4n) is 5.61. The Morgan fingerprint density at radius 3 is 2.57 bits per heavy atom. The van der Waals surface area contributed by atoms with Crippen molar-refractivity contribution in [3.63, 3.8) is 0 Å². The van der Waals surface area contributed by atoms with Gasteiger partial charge in [-0.15, -0.1) is 0 Å². The predicted molar refractivity (Wildman–Crippen MR) is 132 cm³/mol. The SMILES string of the molecule is Cc1noc(C)c1-c1ccc2c(c1)nc([C@@H]1CCC(=O)N1c1ccc(F)c(F)c1)n2C1CCC(=O)NC1. The minimum atomic E-state index is -1.01. The van der Waals surface area contributed by atoms with E-state index in [1.165, 1.54) is 11.0 Å². The Balaban J connectivity index is 1.51. The van der Waals surface area contributed by atoms with Crippen molar-refractivity contribution in [1.82, 2.24) is 20.0 Å². The summed E-state index contributed by atoms with van der Waals surface area (Å²) in [6.07, 6.45) is 1.76. The smallest absolute Gasteiger partial charge is 0.227 e. The average molecular weight is 506 g/mol. The molecule has 2 saturated heterocycles. The van der Waals surface area contributed by atoms with E-state index in [0.717, 1.165) is 40.0 Å². The summed E-state index contributed by atoms with van der Waals surface area (Å²) in [5.41, 5.74) is 4.49. The molecule has 0 saturated carbocycles. The first-order chi connectivity index (χ1) is 17.8. The van der Waals surface area contributed by atoms with Crippen LogP contribution < -0.4 is 10.2 Å². The lowest BCUT2D eigenvalue weighted by Crippen LogP contribution is -2.37.